The highest BCUT2D eigenvalue weighted by atomic mass is 32.1. The molecule has 2 aliphatic rings. The first-order valence-electron chi connectivity index (χ1n) is 8.24. The average Bonchev–Trinajstić information content (AvgIpc) is 3.26. The molecule has 1 amide bonds. The number of nitrogens with zero attached hydrogens (tertiary/aromatic N) is 6. The molecule has 2 aliphatic heterocycles. The van der Waals surface area contributed by atoms with Crippen LogP contribution in [0.15, 0.2) is 17.9 Å². The number of piperidine rings is 1. The van der Waals surface area contributed by atoms with E-state index in [4.69, 9.17) is 0 Å². The van der Waals surface area contributed by atoms with Crippen LogP contribution in [0.25, 0.3) is 0 Å². The van der Waals surface area contributed by atoms with Gasteiger partial charge in [-0.3, -0.25) is 9.78 Å². The van der Waals surface area contributed by atoms with Gasteiger partial charge >= 0.3 is 0 Å². The van der Waals surface area contributed by atoms with Crippen LogP contribution in [0.4, 0.5) is 5.13 Å². The molecule has 1 atom stereocenters. The third kappa shape index (κ3) is 2.86. The maximum atomic E-state index is 12.7. The van der Waals surface area contributed by atoms with Crippen molar-refractivity contribution in [3.63, 3.8) is 0 Å². The highest BCUT2D eigenvalue weighted by Gasteiger charge is 2.43. The van der Waals surface area contributed by atoms with Crippen molar-refractivity contribution in [2.24, 2.45) is 5.41 Å². The minimum atomic E-state index is -0.00702. The van der Waals surface area contributed by atoms with E-state index in [1.165, 1.54) is 0 Å². The molecule has 2 fully saturated rings. The Morgan fingerprint density at radius 1 is 1.21 bits per heavy atom. The Labute approximate surface area is 144 Å². The molecule has 0 saturated carbocycles. The molecule has 0 radical (unpaired) electrons. The van der Waals surface area contributed by atoms with Crippen molar-refractivity contribution in [2.75, 3.05) is 31.1 Å². The van der Waals surface area contributed by atoms with Crippen molar-refractivity contribution in [1.29, 1.82) is 0 Å². The summed E-state index contributed by atoms with van der Waals surface area (Å²) in [6.45, 7) is 5.42. The van der Waals surface area contributed by atoms with E-state index in [-0.39, 0.29) is 11.3 Å². The van der Waals surface area contributed by atoms with Gasteiger partial charge in [0.05, 0.1) is 11.9 Å². The van der Waals surface area contributed by atoms with Gasteiger partial charge in [-0.05, 0) is 26.2 Å². The summed E-state index contributed by atoms with van der Waals surface area (Å²) < 4.78 is 0. The summed E-state index contributed by atoms with van der Waals surface area (Å²) in [5, 5.41) is 9.14. The van der Waals surface area contributed by atoms with Gasteiger partial charge in [-0.25, -0.2) is 4.98 Å². The molecule has 126 valence electrons. The van der Waals surface area contributed by atoms with Gasteiger partial charge in [0.2, 0.25) is 5.13 Å². The van der Waals surface area contributed by atoms with Gasteiger partial charge in [-0.15, -0.1) is 10.2 Å². The Morgan fingerprint density at radius 3 is 2.88 bits per heavy atom. The molecule has 1 unspecified atom stereocenters. The van der Waals surface area contributed by atoms with Gasteiger partial charge in [0.15, 0.2) is 0 Å². The molecule has 2 saturated heterocycles. The molecule has 7 nitrogen and oxygen atoms in total. The molecule has 0 aliphatic carbocycles. The second-order valence-electron chi connectivity index (χ2n) is 6.77. The minimum Gasteiger partial charge on any atom is -0.346 e. The summed E-state index contributed by atoms with van der Waals surface area (Å²) in [5.74, 6) is -0.00702. The number of rotatable bonds is 2. The number of amides is 1. The lowest BCUT2D eigenvalue weighted by atomic mass is 9.79. The van der Waals surface area contributed by atoms with Gasteiger partial charge in [0, 0.05) is 37.8 Å². The minimum absolute atomic E-state index is 0.00702. The molecule has 4 rings (SSSR count). The molecular formula is C16H20N6OS. The van der Waals surface area contributed by atoms with E-state index >= 15 is 0 Å². The molecule has 0 aromatic carbocycles. The quantitative estimate of drug-likeness (QED) is 0.826. The normalized spacial score (nSPS) is 23.9. The molecule has 0 bridgehead atoms. The lowest BCUT2D eigenvalue weighted by Gasteiger charge is -2.40. The molecule has 4 heterocycles. The van der Waals surface area contributed by atoms with Crippen LogP contribution < -0.4 is 4.90 Å². The standard InChI is InChI=1S/C16H20N6OS/c1-12-7-18-13(8-17-12)14(23)21-6-4-16(9-21)3-2-5-22(10-16)15-20-19-11-24-15/h7-8,11H,2-6,9-10H2,1H3. The zero-order valence-corrected chi connectivity index (χ0v) is 14.5. The Hall–Kier alpha value is -2.09. The number of carbonyl (C=O) groups is 1. The molecule has 24 heavy (non-hydrogen) atoms. The summed E-state index contributed by atoms with van der Waals surface area (Å²) in [5.41, 5.74) is 3.20. The summed E-state index contributed by atoms with van der Waals surface area (Å²) >= 11 is 1.58. The van der Waals surface area contributed by atoms with Crippen LogP contribution in [-0.4, -0.2) is 57.2 Å². The van der Waals surface area contributed by atoms with Crippen LogP contribution in [-0.2, 0) is 0 Å². The predicted octanol–water partition coefficient (Wildman–Crippen LogP) is 1.77. The molecular weight excluding hydrogens is 324 g/mol. The summed E-state index contributed by atoms with van der Waals surface area (Å²) in [7, 11) is 0. The van der Waals surface area contributed by atoms with Gasteiger partial charge in [0.25, 0.3) is 5.91 Å². The number of hydrogen-bond donors (Lipinski definition) is 0. The van der Waals surface area contributed by atoms with E-state index in [2.05, 4.69) is 25.1 Å². The Kier molecular flexibility index (Phi) is 3.91. The monoisotopic (exact) mass is 344 g/mol. The van der Waals surface area contributed by atoms with E-state index in [1.807, 2.05) is 11.8 Å². The van der Waals surface area contributed by atoms with Crippen molar-refractivity contribution in [3.05, 3.63) is 29.3 Å². The lowest BCUT2D eigenvalue weighted by Crippen LogP contribution is -2.45. The van der Waals surface area contributed by atoms with Crippen LogP contribution in [0, 0.1) is 12.3 Å². The van der Waals surface area contributed by atoms with E-state index < -0.39 is 0 Å². The van der Waals surface area contributed by atoms with Gasteiger partial charge < -0.3 is 9.80 Å². The predicted molar refractivity (Wildman–Crippen MR) is 91.1 cm³/mol. The van der Waals surface area contributed by atoms with E-state index in [0.29, 0.717) is 5.69 Å². The Morgan fingerprint density at radius 2 is 2.12 bits per heavy atom. The summed E-state index contributed by atoms with van der Waals surface area (Å²) in [4.78, 5) is 25.4. The van der Waals surface area contributed by atoms with E-state index in [9.17, 15) is 4.79 Å². The maximum Gasteiger partial charge on any atom is 0.274 e. The number of aromatic nitrogens is 4. The molecule has 1 spiro atoms. The first-order chi connectivity index (χ1) is 11.7. The molecule has 8 heteroatoms. The van der Waals surface area contributed by atoms with Gasteiger partial charge in [0.1, 0.15) is 11.2 Å². The summed E-state index contributed by atoms with van der Waals surface area (Å²) in [6, 6.07) is 0. The fourth-order valence-electron chi connectivity index (χ4n) is 3.78. The maximum absolute atomic E-state index is 12.7. The first kappa shape index (κ1) is 15.4. The summed E-state index contributed by atoms with van der Waals surface area (Å²) in [6.07, 6.45) is 6.55. The second-order valence-corrected chi connectivity index (χ2v) is 7.58. The van der Waals surface area contributed by atoms with Crippen LogP contribution in [0.2, 0.25) is 0 Å². The molecule has 2 aromatic rings. The van der Waals surface area contributed by atoms with E-state index in [0.717, 1.165) is 56.3 Å². The smallest absolute Gasteiger partial charge is 0.274 e. The largest absolute Gasteiger partial charge is 0.346 e. The van der Waals surface area contributed by atoms with Crippen molar-refractivity contribution in [1.82, 2.24) is 25.1 Å². The van der Waals surface area contributed by atoms with Crippen LogP contribution >= 0.6 is 11.3 Å². The fraction of sp³-hybridized carbons (Fsp3) is 0.562. The van der Waals surface area contributed by atoms with Crippen molar-refractivity contribution < 1.29 is 4.79 Å². The van der Waals surface area contributed by atoms with Crippen molar-refractivity contribution in [3.8, 4) is 0 Å². The van der Waals surface area contributed by atoms with Crippen LogP contribution in [0.5, 0.6) is 0 Å². The number of likely N-dealkylation sites (tertiary alicyclic amines) is 1. The number of hydrogen-bond acceptors (Lipinski definition) is 7. The van der Waals surface area contributed by atoms with Crippen molar-refractivity contribution in [2.45, 2.75) is 26.2 Å². The average molecular weight is 344 g/mol. The lowest BCUT2D eigenvalue weighted by molar-refractivity contribution is 0.0761. The second kappa shape index (κ2) is 6.08. The first-order valence-corrected chi connectivity index (χ1v) is 9.12. The fourth-order valence-corrected chi connectivity index (χ4v) is 4.37. The highest BCUT2D eigenvalue weighted by Crippen LogP contribution is 2.40. The van der Waals surface area contributed by atoms with Crippen LogP contribution in [0.3, 0.4) is 0 Å². The SMILES string of the molecule is Cc1cnc(C(=O)N2CCC3(CCCN(c4nncs4)C3)C2)cn1. The van der Waals surface area contributed by atoms with E-state index in [1.54, 1.807) is 29.2 Å². The van der Waals surface area contributed by atoms with Crippen molar-refractivity contribution >= 4 is 22.4 Å². The third-order valence-electron chi connectivity index (χ3n) is 5.01. The number of anilines is 1. The zero-order valence-electron chi connectivity index (χ0n) is 13.7. The molecule has 2 aromatic heterocycles. The topological polar surface area (TPSA) is 75.1 Å². The third-order valence-corrected chi connectivity index (χ3v) is 5.76. The Bertz CT molecular complexity index is 719. The zero-order chi connectivity index (χ0) is 16.6. The Balaban J connectivity index is 1.47. The van der Waals surface area contributed by atoms with Gasteiger partial charge in [-0.2, -0.15) is 0 Å². The highest BCUT2D eigenvalue weighted by molar-refractivity contribution is 7.13. The van der Waals surface area contributed by atoms with Crippen LogP contribution in [0.1, 0.15) is 35.4 Å². The van der Waals surface area contributed by atoms with Gasteiger partial charge in [-0.1, -0.05) is 11.3 Å². The number of aryl methyl sites for hydroxylation is 1. The number of carbonyl (C=O) groups excluding carboxylic acids is 1. The molecule has 0 N–H and O–H groups in total.